The van der Waals surface area contributed by atoms with Gasteiger partial charge in [0.05, 0.1) is 15.8 Å². The summed E-state index contributed by atoms with van der Waals surface area (Å²) in [7, 11) is 0. The number of nitro benzene ring substituents is 1. The van der Waals surface area contributed by atoms with Crippen LogP contribution in [0.15, 0.2) is 30.5 Å². The van der Waals surface area contributed by atoms with Gasteiger partial charge in [-0.25, -0.2) is 0 Å². The number of pyridine rings is 1. The van der Waals surface area contributed by atoms with Gasteiger partial charge in [0.2, 0.25) is 0 Å². The zero-order valence-electron chi connectivity index (χ0n) is 9.57. The fourth-order valence-electron chi connectivity index (χ4n) is 1.29. The molecule has 0 fully saturated rings. The van der Waals surface area contributed by atoms with Crippen LogP contribution in [-0.2, 0) is 0 Å². The van der Waals surface area contributed by atoms with Crippen LogP contribution in [0.5, 0.6) is 5.75 Å². The highest BCUT2D eigenvalue weighted by atomic mass is 16.6. The van der Waals surface area contributed by atoms with E-state index >= 15 is 0 Å². The summed E-state index contributed by atoms with van der Waals surface area (Å²) in [6, 6.07) is 5.44. The maximum atomic E-state index is 11.3. The van der Waals surface area contributed by atoms with Crippen molar-refractivity contribution >= 4 is 16.6 Å². The van der Waals surface area contributed by atoms with E-state index in [0.717, 1.165) is 6.07 Å². The van der Waals surface area contributed by atoms with E-state index in [1.165, 1.54) is 18.3 Å². The third-order valence-corrected chi connectivity index (χ3v) is 2.07. The number of nitrogens with two attached hydrogens (primary N) is 2. The predicted octanol–water partition coefficient (Wildman–Crippen LogP) is 0.120. The Kier molecular flexibility index (Phi) is 4.97. The van der Waals surface area contributed by atoms with E-state index in [4.69, 9.17) is 11.5 Å². The van der Waals surface area contributed by atoms with E-state index in [2.05, 4.69) is 4.98 Å². The maximum Gasteiger partial charge on any atom is 0.278 e. The average Bonchev–Trinajstić information content (AvgIpc) is 2.39. The second-order valence-electron chi connectivity index (χ2n) is 3.32. The Bertz CT molecular complexity index is 543. The van der Waals surface area contributed by atoms with Crippen molar-refractivity contribution in [3.8, 4) is 5.75 Å². The fraction of sp³-hybridized carbons (Fsp3) is 0.182. The Morgan fingerprint density at radius 3 is 2.44 bits per heavy atom. The molecule has 7 nitrogen and oxygen atoms in total. The van der Waals surface area contributed by atoms with Gasteiger partial charge in [-0.05, 0) is 12.1 Å². The van der Waals surface area contributed by atoms with Crippen LogP contribution in [0, 0.1) is 10.1 Å². The molecule has 0 aliphatic heterocycles. The first kappa shape index (κ1) is 13.8. The number of hydrogen-bond donors (Lipinski definition) is 2. The standard InChI is InChI=1S/C9H6N2O3.C2H8N2/c12-8-4-3-7(11(13)14)6-2-1-5-10-9(6)8;3-1-2-4/h1-5,12H;1-4H2/p-1. The Morgan fingerprint density at radius 2 is 1.89 bits per heavy atom. The number of nitrogens with zero attached hydrogens (tertiary/aromatic N) is 2. The topological polar surface area (TPSA) is 131 Å². The van der Waals surface area contributed by atoms with Crippen molar-refractivity contribution in [1.29, 1.82) is 0 Å². The molecule has 4 N–H and O–H groups in total. The molecule has 0 atom stereocenters. The number of benzene rings is 1. The molecule has 2 aromatic rings. The molecule has 0 aliphatic rings. The van der Waals surface area contributed by atoms with E-state index in [-0.39, 0.29) is 22.3 Å². The number of non-ortho nitro benzene ring substituents is 1. The van der Waals surface area contributed by atoms with Crippen molar-refractivity contribution in [3.63, 3.8) is 0 Å². The highest BCUT2D eigenvalue weighted by Crippen LogP contribution is 2.28. The van der Waals surface area contributed by atoms with Crippen LogP contribution >= 0.6 is 0 Å². The lowest BCUT2D eigenvalue weighted by Crippen LogP contribution is -2.11. The van der Waals surface area contributed by atoms with Gasteiger partial charge >= 0.3 is 0 Å². The maximum absolute atomic E-state index is 11.3. The molecule has 0 saturated heterocycles. The summed E-state index contributed by atoms with van der Waals surface area (Å²) in [5, 5.41) is 22.2. The molecular weight excluding hydrogens is 236 g/mol. The number of nitro groups is 1. The smallest absolute Gasteiger partial charge is 0.278 e. The van der Waals surface area contributed by atoms with Crippen LogP contribution in [0.3, 0.4) is 0 Å². The van der Waals surface area contributed by atoms with E-state index in [0.29, 0.717) is 13.1 Å². The molecule has 0 bridgehead atoms. The van der Waals surface area contributed by atoms with Crippen LogP contribution < -0.4 is 16.6 Å². The van der Waals surface area contributed by atoms with Gasteiger partial charge in [-0.3, -0.25) is 15.1 Å². The summed E-state index contributed by atoms with van der Waals surface area (Å²) in [4.78, 5) is 13.9. The highest BCUT2D eigenvalue weighted by Gasteiger charge is 2.11. The Balaban J connectivity index is 0.000000357. The van der Waals surface area contributed by atoms with Gasteiger partial charge in [0.15, 0.2) is 0 Å². The van der Waals surface area contributed by atoms with Crippen LogP contribution in [0.2, 0.25) is 0 Å². The molecule has 0 radical (unpaired) electrons. The molecule has 1 aromatic heterocycles. The highest BCUT2D eigenvalue weighted by molar-refractivity contribution is 5.91. The lowest BCUT2D eigenvalue weighted by atomic mass is 10.2. The van der Waals surface area contributed by atoms with Crippen molar-refractivity contribution in [2.24, 2.45) is 11.5 Å². The molecule has 96 valence electrons. The predicted molar refractivity (Wildman–Crippen MR) is 66.0 cm³/mol. The van der Waals surface area contributed by atoms with E-state index in [1.807, 2.05) is 0 Å². The molecule has 1 aromatic carbocycles. The summed E-state index contributed by atoms with van der Waals surface area (Å²) in [5.74, 6) is -0.300. The average molecular weight is 249 g/mol. The zero-order valence-corrected chi connectivity index (χ0v) is 9.57. The number of fused-ring (bicyclic) bond motifs is 1. The van der Waals surface area contributed by atoms with Crippen molar-refractivity contribution < 1.29 is 10.0 Å². The van der Waals surface area contributed by atoms with Crippen LogP contribution in [0.4, 0.5) is 5.69 Å². The van der Waals surface area contributed by atoms with Gasteiger partial charge in [0, 0.05) is 25.4 Å². The van der Waals surface area contributed by atoms with E-state index in [9.17, 15) is 15.2 Å². The van der Waals surface area contributed by atoms with E-state index in [1.54, 1.807) is 6.07 Å². The second kappa shape index (κ2) is 6.48. The number of rotatable bonds is 2. The first-order chi connectivity index (χ1) is 8.61. The molecule has 0 spiro atoms. The van der Waals surface area contributed by atoms with Gasteiger partial charge in [-0.2, -0.15) is 0 Å². The van der Waals surface area contributed by atoms with Gasteiger partial charge in [-0.1, -0.05) is 11.8 Å². The third-order valence-electron chi connectivity index (χ3n) is 2.07. The quantitative estimate of drug-likeness (QED) is 0.574. The van der Waals surface area contributed by atoms with Crippen LogP contribution in [0.25, 0.3) is 10.9 Å². The first-order valence-corrected chi connectivity index (χ1v) is 5.21. The molecule has 18 heavy (non-hydrogen) atoms. The lowest BCUT2D eigenvalue weighted by Gasteiger charge is -2.08. The molecule has 1 heterocycles. The minimum Gasteiger partial charge on any atom is -0.871 e. The summed E-state index contributed by atoms with van der Waals surface area (Å²) >= 11 is 0. The molecule has 7 heteroatoms. The summed E-state index contributed by atoms with van der Waals surface area (Å²) < 4.78 is 0. The minimum absolute atomic E-state index is 0.0901. The van der Waals surface area contributed by atoms with Gasteiger partial charge in [0.25, 0.3) is 5.69 Å². The SMILES string of the molecule is NCCN.O=[N+]([O-])c1ccc([O-])c2ncccc12. The largest absolute Gasteiger partial charge is 0.871 e. The molecule has 0 saturated carbocycles. The molecule has 0 aliphatic carbocycles. The fourth-order valence-corrected chi connectivity index (χ4v) is 1.29. The van der Waals surface area contributed by atoms with Crippen molar-refractivity contribution in [2.45, 2.75) is 0 Å². The number of aromatic nitrogens is 1. The van der Waals surface area contributed by atoms with Crippen molar-refractivity contribution in [2.75, 3.05) is 13.1 Å². The monoisotopic (exact) mass is 249 g/mol. The summed E-state index contributed by atoms with van der Waals surface area (Å²) in [6.45, 7) is 1.19. The van der Waals surface area contributed by atoms with Gasteiger partial charge < -0.3 is 16.6 Å². The lowest BCUT2D eigenvalue weighted by molar-refractivity contribution is -0.383. The normalized spacial score (nSPS) is 9.67. The van der Waals surface area contributed by atoms with Gasteiger partial charge in [0.1, 0.15) is 0 Å². The summed E-state index contributed by atoms with van der Waals surface area (Å²) in [6.07, 6.45) is 1.44. The Labute approximate surface area is 103 Å². The molecular formula is C11H13N4O3-. The van der Waals surface area contributed by atoms with Crippen molar-refractivity contribution in [1.82, 2.24) is 4.98 Å². The Morgan fingerprint density at radius 1 is 1.22 bits per heavy atom. The second-order valence-corrected chi connectivity index (χ2v) is 3.32. The molecule has 2 rings (SSSR count). The Hall–Kier alpha value is -2.25. The van der Waals surface area contributed by atoms with Crippen LogP contribution in [0.1, 0.15) is 0 Å². The third kappa shape index (κ3) is 3.12. The molecule has 0 unspecified atom stereocenters. The molecule has 0 amide bonds. The summed E-state index contributed by atoms with van der Waals surface area (Å²) in [5.41, 5.74) is 9.86. The number of hydrogen-bond acceptors (Lipinski definition) is 6. The van der Waals surface area contributed by atoms with Gasteiger partial charge in [-0.15, -0.1) is 0 Å². The zero-order chi connectivity index (χ0) is 13.5. The van der Waals surface area contributed by atoms with E-state index < -0.39 is 4.92 Å². The van der Waals surface area contributed by atoms with Crippen LogP contribution in [-0.4, -0.2) is 23.0 Å². The van der Waals surface area contributed by atoms with Crippen molar-refractivity contribution in [3.05, 3.63) is 40.6 Å². The minimum atomic E-state index is -0.524. The first-order valence-electron chi connectivity index (χ1n) is 5.21.